The lowest BCUT2D eigenvalue weighted by atomic mass is 9.91. The summed E-state index contributed by atoms with van der Waals surface area (Å²) in [5, 5.41) is 5.96. The summed E-state index contributed by atoms with van der Waals surface area (Å²) in [6.07, 6.45) is 0. The number of hydrogen-bond donors (Lipinski definition) is 0. The molecule has 1 amide bonds. The van der Waals surface area contributed by atoms with Crippen LogP contribution in [-0.4, -0.2) is 33.7 Å². The Balaban J connectivity index is 1.85. The first-order chi connectivity index (χ1) is 10.4. The number of allylic oxidation sites excluding steroid dienone is 1. The van der Waals surface area contributed by atoms with Gasteiger partial charge >= 0.3 is 0 Å². The van der Waals surface area contributed by atoms with Crippen molar-refractivity contribution in [2.45, 2.75) is 33.6 Å². The highest BCUT2D eigenvalue weighted by Crippen LogP contribution is 2.33. The Morgan fingerprint density at radius 3 is 2.55 bits per heavy atom. The van der Waals surface area contributed by atoms with Crippen molar-refractivity contribution < 1.29 is 4.79 Å². The molecule has 22 heavy (non-hydrogen) atoms. The van der Waals surface area contributed by atoms with Crippen molar-refractivity contribution in [1.82, 2.24) is 14.7 Å². The number of benzene rings is 1. The number of hydrogen-bond acceptors (Lipinski definition) is 2. The van der Waals surface area contributed by atoms with E-state index in [0.717, 1.165) is 29.9 Å². The molecule has 0 radical (unpaired) electrons. The Morgan fingerprint density at radius 2 is 1.91 bits per heavy atom. The smallest absolute Gasteiger partial charge is 0.249 e. The second-order valence-electron chi connectivity index (χ2n) is 6.51. The molecule has 4 heteroatoms. The Hall–Kier alpha value is -2.10. The maximum atomic E-state index is 12.3. The highest BCUT2D eigenvalue weighted by Gasteiger charge is 2.35. The summed E-state index contributed by atoms with van der Waals surface area (Å²) in [7, 11) is 1.99. The maximum Gasteiger partial charge on any atom is 0.249 e. The van der Waals surface area contributed by atoms with Crippen LogP contribution in [0.15, 0.2) is 29.3 Å². The predicted molar refractivity (Wildman–Crippen MR) is 88.8 cm³/mol. The van der Waals surface area contributed by atoms with Gasteiger partial charge in [-0.05, 0) is 39.3 Å². The van der Waals surface area contributed by atoms with Crippen LogP contribution in [0.2, 0.25) is 0 Å². The van der Waals surface area contributed by atoms with Gasteiger partial charge in [0.05, 0.1) is 11.2 Å². The van der Waals surface area contributed by atoms with E-state index in [4.69, 9.17) is 5.10 Å². The third kappa shape index (κ3) is 2.23. The molecule has 4 nitrogen and oxygen atoms in total. The van der Waals surface area contributed by atoms with Gasteiger partial charge in [0.2, 0.25) is 5.91 Å². The molecule has 0 spiro atoms. The summed E-state index contributed by atoms with van der Waals surface area (Å²) in [5.41, 5.74) is 5.51. The number of rotatable bonds is 2. The zero-order chi connectivity index (χ0) is 16.0. The van der Waals surface area contributed by atoms with E-state index in [1.54, 1.807) is 0 Å². The minimum absolute atomic E-state index is 0.160. The van der Waals surface area contributed by atoms with Crippen molar-refractivity contribution in [2.24, 2.45) is 7.05 Å². The van der Waals surface area contributed by atoms with E-state index in [1.165, 1.54) is 16.5 Å². The lowest BCUT2D eigenvalue weighted by molar-refractivity contribution is -0.131. The van der Waals surface area contributed by atoms with Gasteiger partial charge in [-0.2, -0.15) is 5.10 Å². The van der Waals surface area contributed by atoms with Crippen LogP contribution in [-0.2, 0) is 11.8 Å². The molecule has 3 rings (SSSR count). The summed E-state index contributed by atoms with van der Waals surface area (Å²) in [4.78, 5) is 14.2. The van der Waals surface area contributed by atoms with E-state index in [0.29, 0.717) is 5.92 Å². The average molecular weight is 297 g/mol. The standard InChI is InChI=1S/C18H23N3O/c1-11(2)13(4)18(22)21-9-14(10-21)17-16-12(3)7-6-8-15(16)20(5)19-17/h6-8,14H,9-10H2,1-5H3. The van der Waals surface area contributed by atoms with Crippen molar-refractivity contribution in [3.8, 4) is 0 Å². The molecule has 0 unspecified atom stereocenters. The summed E-state index contributed by atoms with van der Waals surface area (Å²) < 4.78 is 1.95. The van der Waals surface area contributed by atoms with E-state index in [9.17, 15) is 4.79 Å². The molecule has 0 N–H and O–H groups in total. The van der Waals surface area contributed by atoms with Gasteiger partial charge < -0.3 is 4.90 Å². The first-order valence-corrected chi connectivity index (χ1v) is 7.75. The summed E-state index contributed by atoms with van der Waals surface area (Å²) in [6, 6.07) is 6.30. The molecule has 2 heterocycles. The Morgan fingerprint density at radius 1 is 1.23 bits per heavy atom. The van der Waals surface area contributed by atoms with E-state index in [2.05, 4.69) is 25.1 Å². The molecular formula is C18H23N3O. The molecule has 1 fully saturated rings. The van der Waals surface area contributed by atoms with E-state index >= 15 is 0 Å². The van der Waals surface area contributed by atoms with Gasteiger partial charge in [0.15, 0.2) is 0 Å². The van der Waals surface area contributed by atoms with Gasteiger partial charge in [-0.25, -0.2) is 0 Å². The number of amides is 1. The van der Waals surface area contributed by atoms with Gasteiger partial charge in [0, 0.05) is 37.0 Å². The normalized spacial score (nSPS) is 15.0. The summed E-state index contributed by atoms with van der Waals surface area (Å²) in [6.45, 7) is 9.54. The fourth-order valence-corrected chi connectivity index (χ4v) is 3.07. The summed E-state index contributed by atoms with van der Waals surface area (Å²) in [5.74, 6) is 0.506. The number of aryl methyl sites for hydroxylation is 2. The molecule has 0 bridgehead atoms. The second kappa shape index (κ2) is 5.27. The predicted octanol–water partition coefficient (Wildman–Crippen LogP) is 3.16. The number of fused-ring (bicyclic) bond motifs is 1. The molecule has 0 aliphatic carbocycles. The first-order valence-electron chi connectivity index (χ1n) is 7.75. The van der Waals surface area contributed by atoms with E-state index in [1.807, 2.05) is 37.4 Å². The molecule has 116 valence electrons. The second-order valence-corrected chi connectivity index (χ2v) is 6.51. The molecule has 0 saturated carbocycles. The van der Waals surface area contributed by atoms with Crippen molar-refractivity contribution in [1.29, 1.82) is 0 Å². The van der Waals surface area contributed by atoms with Crippen LogP contribution in [0.5, 0.6) is 0 Å². The minimum Gasteiger partial charge on any atom is -0.337 e. The van der Waals surface area contributed by atoms with Crippen molar-refractivity contribution >= 4 is 16.8 Å². The fourth-order valence-electron chi connectivity index (χ4n) is 3.07. The Kier molecular flexibility index (Phi) is 3.55. The molecule has 1 aromatic heterocycles. The molecule has 1 saturated heterocycles. The fraction of sp³-hybridized carbons (Fsp3) is 0.444. The van der Waals surface area contributed by atoms with Crippen molar-refractivity contribution in [3.05, 3.63) is 40.6 Å². The van der Waals surface area contributed by atoms with Crippen molar-refractivity contribution in [3.63, 3.8) is 0 Å². The monoisotopic (exact) mass is 297 g/mol. The lowest BCUT2D eigenvalue weighted by Crippen LogP contribution is -2.49. The van der Waals surface area contributed by atoms with Gasteiger partial charge in [0.25, 0.3) is 0 Å². The lowest BCUT2D eigenvalue weighted by Gasteiger charge is -2.39. The van der Waals surface area contributed by atoms with Gasteiger partial charge in [-0.15, -0.1) is 0 Å². The van der Waals surface area contributed by atoms with E-state index < -0.39 is 0 Å². The number of carbonyl (C=O) groups is 1. The largest absolute Gasteiger partial charge is 0.337 e. The number of nitrogens with zero attached hydrogens (tertiary/aromatic N) is 3. The first kappa shape index (κ1) is 14.8. The van der Waals surface area contributed by atoms with Crippen LogP contribution in [0.3, 0.4) is 0 Å². The molecule has 0 atom stereocenters. The molecule has 1 aliphatic heterocycles. The van der Waals surface area contributed by atoms with Crippen LogP contribution >= 0.6 is 0 Å². The quantitative estimate of drug-likeness (QED) is 0.799. The zero-order valence-electron chi connectivity index (χ0n) is 14.0. The average Bonchev–Trinajstić information content (AvgIpc) is 2.75. The minimum atomic E-state index is 0.160. The third-order valence-electron chi connectivity index (χ3n) is 4.74. The van der Waals surface area contributed by atoms with Crippen molar-refractivity contribution in [2.75, 3.05) is 13.1 Å². The topological polar surface area (TPSA) is 38.1 Å². The van der Waals surface area contributed by atoms with Crippen LogP contribution in [0.1, 0.15) is 37.9 Å². The molecule has 1 aliphatic rings. The van der Waals surface area contributed by atoms with Gasteiger partial charge in [-0.1, -0.05) is 17.7 Å². The summed E-state index contributed by atoms with van der Waals surface area (Å²) >= 11 is 0. The third-order valence-corrected chi connectivity index (χ3v) is 4.74. The maximum absolute atomic E-state index is 12.3. The Labute approximate surface area is 131 Å². The Bertz CT molecular complexity index is 775. The molecular weight excluding hydrogens is 274 g/mol. The number of carbonyl (C=O) groups excluding carboxylic acids is 1. The van der Waals surface area contributed by atoms with Gasteiger partial charge in [0.1, 0.15) is 0 Å². The highest BCUT2D eigenvalue weighted by molar-refractivity contribution is 5.94. The number of likely N-dealkylation sites (tertiary alicyclic amines) is 1. The number of aromatic nitrogens is 2. The highest BCUT2D eigenvalue weighted by atomic mass is 16.2. The van der Waals surface area contributed by atoms with Crippen LogP contribution in [0.4, 0.5) is 0 Å². The molecule has 2 aromatic rings. The van der Waals surface area contributed by atoms with Crippen LogP contribution < -0.4 is 0 Å². The SMILES string of the molecule is CC(C)=C(C)C(=O)N1CC(c2nn(C)c3cccc(C)c23)C1. The van der Waals surface area contributed by atoms with Crippen LogP contribution in [0, 0.1) is 6.92 Å². The van der Waals surface area contributed by atoms with E-state index in [-0.39, 0.29) is 5.91 Å². The molecule has 1 aromatic carbocycles. The zero-order valence-corrected chi connectivity index (χ0v) is 14.0. The van der Waals surface area contributed by atoms with Crippen LogP contribution in [0.25, 0.3) is 10.9 Å². The van der Waals surface area contributed by atoms with Gasteiger partial charge in [-0.3, -0.25) is 9.48 Å².